The van der Waals surface area contributed by atoms with E-state index in [0.717, 1.165) is 48.0 Å². The lowest BCUT2D eigenvalue weighted by Gasteiger charge is -2.13. The molecule has 1 aliphatic rings. The molecule has 0 amide bonds. The van der Waals surface area contributed by atoms with Crippen molar-refractivity contribution >= 4 is 45.5 Å². The molecule has 1 aromatic heterocycles. The van der Waals surface area contributed by atoms with Crippen molar-refractivity contribution in [3.63, 3.8) is 0 Å². The highest BCUT2D eigenvalue weighted by molar-refractivity contribution is 7.80. The van der Waals surface area contributed by atoms with Crippen LogP contribution in [-0.4, -0.2) is 14.7 Å². The third-order valence-corrected chi connectivity index (χ3v) is 5.11. The lowest BCUT2D eigenvalue weighted by Crippen LogP contribution is -2.28. The molecule has 4 nitrogen and oxygen atoms in total. The first-order valence-electron chi connectivity index (χ1n) is 8.91. The van der Waals surface area contributed by atoms with Crippen molar-refractivity contribution in [2.45, 2.75) is 32.2 Å². The van der Waals surface area contributed by atoms with E-state index in [2.05, 4.69) is 9.88 Å². The number of nitrogens with one attached hydrogen (secondary N) is 1. The van der Waals surface area contributed by atoms with Gasteiger partial charge in [0.25, 0.3) is 0 Å². The minimum Gasteiger partial charge on any atom is -0.331 e. The first kappa shape index (κ1) is 18.1. The smallest absolute Gasteiger partial charge is 0.199 e. The van der Waals surface area contributed by atoms with Gasteiger partial charge in [0.2, 0.25) is 0 Å². The molecule has 0 radical (unpaired) electrons. The molecule has 2 heterocycles. The van der Waals surface area contributed by atoms with Crippen molar-refractivity contribution in [1.29, 1.82) is 0 Å². The van der Waals surface area contributed by atoms with Crippen molar-refractivity contribution in [2.24, 2.45) is 4.99 Å². The molecule has 27 heavy (non-hydrogen) atoms. The van der Waals surface area contributed by atoms with Gasteiger partial charge in [0.05, 0.1) is 10.5 Å². The average Bonchev–Trinajstić information content (AvgIpc) is 2.90. The average molecular weight is 401 g/mol. The van der Waals surface area contributed by atoms with Gasteiger partial charge < -0.3 is 9.88 Å². The number of anilines is 1. The number of aryl methyl sites for hydroxylation is 1. The molecular formula is C20H18ClFN4S. The number of fused-ring (bicyclic) bond motifs is 2. The SMILES string of the molecule is Fc1ccc(NC(=S)N=c2c3ccccc3nc3n2CCCCC3)cc1Cl. The van der Waals surface area contributed by atoms with Gasteiger partial charge in [-0.05, 0) is 55.4 Å². The van der Waals surface area contributed by atoms with Crippen LogP contribution in [0.25, 0.3) is 10.9 Å². The molecular weight excluding hydrogens is 383 g/mol. The van der Waals surface area contributed by atoms with Crippen LogP contribution in [0.1, 0.15) is 25.1 Å². The molecule has 0 spiro atoms. The first-order valence-corrected chi connectivity index (χ1v) is 9.70. The predicted molar refractivity (Wildman–Crippen MR) is 110 cm³/mol. The zero-order valence-corrected chi connectivity index (χ0v) is 16.2. The van der Waals surface area contributed by atoms with Gasteiger partial charge in [0, 0.05) is 24.0 Å². The Morgan fingerprint density at radius 1 is 1.19 bits per heavy atom. The van der Waals surface area contributed by atoms with Gasteiger partial charge >= 0.3 is 0 Å². The number of benzene rings is 2. The fourth-order valence-corrected chi connectivity index (χ4v) is 3.71. The number of halogens is 2. The minimum atomic E-state index is -0.467. The Morgan fingerprint density at radius 3 is 2.89 bits per heavy atom. The molecule has 0 saturated carbocycles. The first-order chi connectivity index (χ1) is 13.1. The second-order valence-corrected chi connectivity index (χ2v) is 7.30. The topological polar surface area (TPSA) is 42.2 Å². The van der Waals surface area contributed by atoms with Crippen LogP contribution in [-0.2, 0) is 13.0 Å². The van der Waals surface area contributed by atoms with E-state index in [1.54, 1.807) is 6.07 Å². The van der Waals surface area contributed by atoms with Crippen LogP contribution >= 0.6 is 23.8 Å². The van der Waals surface area contributed by atoms with Crippen LogP contribution in [0.15, 0.2) is 47.5 Å². The molecule has 3 aromatic rings. The van der Waals surface area contributed by atoms with Crippen molar-refractivity contribution in [2.75, 3.05) is 5.32 Å². The standard InChI is InChI=1S/C20H18ClFN4S/c21-15-12-13(9-10-16(15)22)23-20(27)25-19-14-6-3-4-7-17(14)24-18-8-2-1-5-11-26(18)19/h3-4,6-7,9-10,12H,1-2,5,8,11H2,(H,23,27). The molecule has 0 bridgehead atoms. The lowest BCUT2D eigenvalue weighted by molar-refractivity contribution is 0.608. The summed E-state index contributed by atoms with van der Waals surface area (Å²) in [6.07, 6.45) is 4.33. The van der Waals surface area contributed by atoms with Gasteiger partial charge in [-0.2, -0.15) is 0 Å². The third-order valence-electron chi connectivity index (χ3n) is 4.62. The zero-order valence-electron chi connectivity index (χ0n) is 14.6. The van der Waals surface area contributed by atoms with Crippen LogP contribution in [0, 0.1) is 5.82 Å². The summed E-state index contributed by atoms with van der Waals surface area (Å²) in [5, 5.41) is 4.33. The minimum absolute atomic E-state index is 0.0420. The lowest BCUT2D eigenvalue weighted by atomic mass is 10.2. The third kappa shape index (κ3) is 3.87. The van der Waals surface area contributed by atoms with Gasteiger partial charge in [-0.3, -0.25) is 0 Å². The number of hydrogen-bond acceptors (Lipinski definition) is 2. The van der Waals surface area contributed by atoms with Crippen molar-refractivity contribution in [3.05, 3.63) is 64.6 Å². The molecule has 2 aromatic carbocycles. The maximum Gasteiger partial charge on any atom is 0.199 e. The molecule has 0 saturated heterocycles. The Hall–Kier alpha value is -2.31. The van der Waals surface area contributed by atoms with Crippen molar-refractivity contribution in [3.8, 4) is 0 Å². The summed E-state index contributed by atoms with van der Waals surface area (Å²) in [6, 6.07) is 12.3. The number of para-hydroxylation sites is 1. The Bertz CT molecular complexity index is 1090. The van der Waals surface area contributed by atoms with Crippen LogP contribution in [0.3, 0.4) is 0 Å². The molecule has 0 atom stereocenters. The summed E-state index contributed by atoms with van der Waals surface area (Å²) in [7, 11) is 0. The second-order valence-electron chi connectivity index (χ2n) is 6.50. The van der Waals surface area contributed by atoms with Crippen LogP contribution < -0.4 is 10.8 Å². The normalized spacial score (nSPS) is 14.7. The molecule has 1 N–H and O–H groups in total. The number of aromatic nitrogens is 2. The maximum absolute atomic E-state index is 13.4. The highest BCUT2D eigenvalue weighted by atomic mass is 35.5. The number of hydrogen-bond donors (Lipinski definition) is 1. The van der Waals surface area contributed by atoms with Gasteiger partial charge in [-0.15, -0.1) is 0 Å². The number of nitrogens with zero attached hydrogens (tertiary/aromatic N) is 3. The molecule has 138 valence electrons. The predicted octanol–water partition coefficient (Wildman–Crippen LogP) is 4.85. The van der Waals surface area contributed by atoms with Crippen molar-refractivity contribution in [1.82, 2.24) is 9.55 Å². The van der Waals surface area contributed by atoms with E-state index in [-0.39, 0.29) is 5.02 Å². The van der Waals surface area contributed by atoms with Crippen LogP contribution in [0.5, 0.6) is 0 Å². The Labute approximate surface area is 166 Å². The fraction of sp³-hybridized carbons (Fsp3) is 0.250. The number of thiocarbonyl (C=S) groups is 1. The quantitative estimate of drug-likeness (QED) is 0.593. The van der Waals surface area contributed by atoms with Crippen LogP contribution in [0.2, 0.25) is 5.02 Å². The molecule has 0 unspecified atom stereocenters. The Balaban J connectivity index is 1.80. The summed E-state index contributed by atoms with van der Waals surface area (Å²) < 4.78 is 15.5. The second kappa shape index (κ2) is 7.74. The van der Waals surface area contributed by atoms with E-state index in [9.17, 15) is 4.39 Å². The molecule has 4 rings (SSSR count). The molecule has 7 heteroatoms. The fourth-order valence-electron chi connectivity index (χ4n) is 3.32. The van der Waals surface area contributed by atoms with Gasteiger partial charge in [0.15, 0.2) is 5.11 Å². The maximum atomic E-state index is 13.4. The monoisotopic (exact) mass is 400 g/mol. The number of rotatable bonds is 1. The van der Waals surface area contributed by atoms with Gasteiger partial charge in [0.1, 0.15) is 17.1 Å². The summed E-state index contributed by atoms with van der Waals surface area (Å²) in [5.74, 6) is 0.573. The summed E-state index contributed by atoms with van der Waals surface area (Å²) in [5.41, 5.74) is 2.32. The zero-order chi connectivity index (χ0) is 18.8. The Morgan fingerprint density at radius 2 is 2.04 bits per heavy atom. The van der Waals surface area contributed by atoms with Crippen molar-refractivity contribution < 1.29 is 4.39 Å². The molecule has 1 aliphatic heterocycles. The Kier molecular flexibility index (Phi) is 5.18. The highest BCUT2D eigenvalue weighted by Crippen LogP contribution is 2.19. The van der Waals surface area contributed by atoms with E-state index < -0.39 is 5.82 Å². The van der Waals surface area contributed by atoms with Crippen LogP contribution in [0.4, 0.5) is 10.1 Å². The highest BCUT2D eigenvalue weighted by Gasteiger charge is 2.13. The van der Waals surface area contributed by atoms with Gasteiger partial charge in [-0.1, -0.05) is 30.2 Å². The summed E-state index contributed by atoms with van der Waals surface area (Å²) in [6.45, 7) is 0.872. The summed E-state index contributed by atoms with van der Waals surface area (Å²) in [4.78, 5) is 9.53. The van der Waals surface area contributed by atoms with E-state index in [0.29, 0.717) is 10.8 Å². The van der Waals surface area contributed by atoms with E-state index in [1.807, 2.05) is 24.3 Å². The molecule has 0 fully saturated rings. The van der Waals surface area contributed by atoms with E-state index in [4.69, 9.17) is 33.8 Å². The largest absolute Gasteiger partial charge is 0.331 e. The van der Waals surface area contributed by atoms with Gasteiger partial charge in [-0.25, -0.2) is 14.4 Å². The summed E-state index contributed by atoms with van der Waals surface area (Å²) >= 11 is 11.3. The molecule has 0 aliphatic carbocycles. The van der Waals surface area contributed by atoms with E-state index in [1.165, 1.54) is 18.6 Å². The van der Waals surface area contributed by atoms with E-state index >= 15 is 0 Å².